The predicted octanol–water partition coefficient (Wildman–Crippen LogP) is 4.08. The summed E-state index contributed by atoms with van der Waals surface area (Å²) in [5.41, 5.74) is 3.07. The number of carboxylic acid groups (broad SMARTS) is 1. The minimum atomic E-state index is -1.00. The molecule has 1 aliphatic carbocycles. The molecule has 2 aliphatic rings. The monoisotopic (exact) mass is 531 g/mol. The molecule has 0 spiro atoms. The molecule has 2 fully saturated rings. The van der Waals surface area contributed by atoms with Gasteiger partial charge in [-0.05, 0) is 66.4 Å². The van der Waals surface area contributed by atoms with Crippen molar-refractivity contribution in [1.82, 2.24) is 14.0 Å². The van der Waals surface area contributed by atoms with E-state index < -0.39 is 11.5 Å². The lowest BCUT2D eigenvalue weighted by Gasteiger charge is -2.26. The maximum Gasteiger partial charge on any atom is 0.335 e. The Morgan fingerprint density at radius 2 is 1.68 bits per heavy atom. The number of hydrogen-bond acceptors (Lipinski definition) is 4. The van der Waals surface area contributed by atoms with E-state index in [2.05, 4.69) is 0 Å². The fraction of sp³-hybridized carbons (Fsp3) is 0.276. The van der Waals surface area contributed by atoms with E-state index >= 15 is 0 Å². The third-order valence-electron chi connectivity index (χ3n) is 7.51. The Bertz CT molecular complexity index is 1610. The second-order valence-electron chi connectivity index (χ2n) is 9.84. The van der Waals surface area contributed by atoms with Crippen LogP contribution >= 0.6 is 11.6 Å². The van der Waals surface area contributed by atoms with Crippen molar-refractivity contribution in [2.75, 3.05) is 26.3 Å². The summed E-state index contributed by atoms with van der Waals surface area (Å²) >= 11 is 6.36. The molecule has 4 aromatic rings. The van der Waals surface area contributed by atoms with Crippen molar-refractivity contribution in [2.45, 2.75) is 24.8 Å². The molecule has 8 nitrogen and oxygen atoms in total. The highest BCUT2D eigenvalue weighted by Crippen LogP contribution is 2.50. The van der Waals surface area contributed by atoms with Gasteiger partial charge in [-0.15, -0.1) is 0 Å². The average molecular weight is 532 g/mol. The third-order valence-corrected chi connectivity index (χ3v) is 7.75. The molecule has 6 rings (SSSR count). The summed E-state index contributed by atoms with van der Waals surface area (Å²) in [6, 6.07) is 19.6. The van der Waals surface area contributed by atoms with Crippen molar-refractivity contribution < 1.29 is 19.4 Å². The molecular formula is C29H26ClN3O5. The summed E-state index contributed by atoms with van der Waals surface area (Å²) in [6.45, 7) is 2.32. The van der Waals surface area contributed by atoms with E-state index in [4.69, 9.17) is 16.3 Å². The van der Waals surface area contributed by atoms with Gasteiger partial charge in [-0.3, -0.25) is 13.9 Å². The number of morpholine rings is 1. The summed E-state index contributed by atoms with van der Waals surface area (Å²) in [4.78, 5) is 40.1. The molecule has 1 N–H and O–H groups in total. The Hall–Kier alpha value is -3.88. The summed E-state index contributed by atoms with van der Waals surface area (Å²) < 4.78 is 8.74. The van der Waals surface area contributed by atoms with E-state index in [9.17, 15) is 19.5 Å². The van der Waals surface area contributed by atoms with Crippen LogP contribution in [0, 0.1) is 0 Å². The van der Waals surface area contributed by atoms with Crippen molar-refractivity contribution in [3.63, 3.8) is 0 Å². The number of carbonyl (C=O) groups excluding carboxylic acids is 1. The first-order chi connectivity index (χ1) is 18.4. The highest BCUT2D eigenvalue weighted by atomic mass is 35.5. The molecule has 1 aliphatic heterocycles. The van der Waals surface area contributed by atoms with Gasteiger partial charge < -0.3 is 14.7 Å². The topological polar surface area (TPSA) is 93.8 Å². The van der Waals surface area contributed by atoms with E-state index in [0.29, 0.717) is 42.5 Å². The lowest BCUT2D eigenvalue weighted by molar-refractivity contribution is -0.134. The maximum absolute atomic E-state index is 14.0. The maximum atomic E-state index is 14.0. The molecule has 0 radical (unpaired) electrons. The number of nitrogens with zero attached hydrogens (tertiary/aromatic N) is 3. The van der Waals surface area contributed by atoms with Crippen molar-refractivity contribution >= 4 is 34.5 Å². The highest BCUT2D eigenvalue weighted by molar-refractivity contribution is 6.31. The molecule has 0 atom stereocenters. The minimum absolute atomic E-state index is 0.0564. The number of hydrogen-bond donors (Lipinski definition) is 1. The number of rotatable bonds is 6. The molecule has 0 unspecified atom stereocenters. The fourth-order valence-electron chi connectivity index (χ4n) is 5.40. The second kappa shape index (κ2) is 9.45. The largest absolute Gasteiger partial charge is 0.478 e. The molecule has 1 aromatic heterocycles. The number of halogens is 1. The van der Waals surface area contributed by atoms with Crippen LogP contribution in [0.3, 0.4) is 0 Å². The summed E-state index contributed by atoms with van der Waals surface area (Å²) in [6.07, 6.45) is 1.73. The van der Waals surface area contributed by atoms with Crippen molar-refractivity contribution in [2.24, 2.45) is 0 Å². The zero-order valence-corrected chi connectivity index (χ0v) is 21.4. The van der Waals surface area contributed by atoms with Crippen LogP contribution in [0.4, 0.5) is 0 Å². The number of carbonyl (C=O) groups is 2. The normalized spacial score (nSPS) is 16.5. The zero-order chi connectivity index (χ0) is 26.4. The highest BCUT2D eigenvalue weighted by Gasteiger charge is 2.49. The van der Waals surface area contributed by atoms with Gasteiger partial charge in [-0.1, -0.05) is 35.9 Å². The summed E-state index contributed by atoms with van der Waals surface area (Å²) in [7, 11) is 0. The number of aromatic nitrogens is 2. The van der Waals surface area contributed by atoms with Crippen LogP contribution in [0.25, 0.3) is 16.7 Å². The smallest absolute Gasteiger partial charge is 0.335 e. The van der Waals surface area contributed by atoms with E-state index in [1.807, 2.05) is 41.3 Å². The molecule has 9 heteroatoms. The first kappa shape index (κ1) is 24.5. The number of ether oxygens (including phenoxy) is 1. The standard InChI is InChI=1S/C29H26ClN3O5/c30-22-6-9-24-25(18-22)32(23-7-4-19(5-8-23)16-26(34)31-12-14-38-15-13-31)28(37)33(24)29(10-11-29)21-3-1-2-20(17-21)27(35)36/h1-9,17-18H,10-16H2,(H,35,36). The minimum Gasteiger partial charge on any atom is -0.478 e. The predicted molar refractivity (Wildman–Crippen MR) is 143 cm³/mol. The van der Waals surface area contributed by atoms with Gasteiger partial charge in [0.1, 0.15) is 0 Å². The van der Waals surface area contributed by atoms with Gasteiger partial charge in [-0.2, -0.15) is 0 Å². The summed E-state index contributed by atoms with van der Waals surface area (Å²) in [5.74, 6) is -0.947. The van der Waals surface area contributed by atoms with Gasteiger partial charge in [0.25, 0.3) is 0 Å². The van der Waals surface area contributed by atoms with Gasteiger partial charge in [0.05, 0.1) is 47.5 Å². The first-order valence-corrected chi connectivity index (χ1v) is 13.0. The Morgan fingerprint density at radius 3 is 2.37 bits per heavy atom. The van der Waals surface area contributed by atoms with Crippen LogP contribution in [0.15, 0.2) is 71.5 Å². The van der Waals surface area contributed by atoms with Crippen molar-refractivity contribution in [3.05, 3.63) is 98.9 Å². The summed E-state index contributed by atoms with van der Waals surface area (Å²) in [5, 5.41) is 10.0. The van der Waals surface area contributed by atoms with Gasteiger partial charge in [0.15, 0.2) is 0 Å². The molecular weight excluding hydrogens is 506 g/mol. The van der Waals surface area contributed by atoms with E-state index in [0.717, 1.165) is 29.5 Å². The molecule has 1 saturated carbocycles. The molecule has 0 bridgehead atoms. The van der Waals surface area contributed by atoms with E-state index in [1.54, 1.807) is 39.5 Å². The quantitative estimate of drug-likeness (QED) is 0.404. The molecule has 1 amide bonds. The van der Waals surface area contributed by atoms with Crippen molar-refractivity contribution in [3.8, 4) is 5.69 Å². The Kier molecular flexibility index (Phi) is 6.08. The average Bonchev–Trinajstić information content (AvgIpc) is 3.68. The van der Waals surface area contributed by atoms with Gasteiger partial charge in [-0.25, -0.2) is 9.59 Å². The SMILES string of the molecule is O=C(O)c1cccc(C2(n3c(=O)n(-c4ccc(CC(=O)N5CCOCC5)cc4)c4cc(Cl)ccc43)CC2)c1. The van der Waals surface area contributed by atoms with Crippen LogP contribution in [0.5, 0.6) is 0 Å². The van der Waals surface area contributed by atoms with Crippen LogP contribution in [-0.4, -0.2) is 57.3 Å². The molecule has 2 heterocycles. The van der Waals surface area contributed by atoms with E-state index in [1.165, 1.54) is 0 Å². The number of amides is 1. The van der Waals surface area contributed by atoms with Crippen LogP contribution in [-0.2, 0) is 21.5 Å². The fourth-order valence-corrected chi connectivity index (χ4v) is 5.56. The van der Waals surface area contributed by atoms with Gasteiger partial charge in [0.2, 0.25) is 5.91 Å². The third kappa shape index (κ3) is 4.19. The Morgan fingerprint density at radius 1 is 0.947 bits per heavy atom. The first-order valence-electron chi connectivity index (χ1n) is 12.6. The molecule has 38 heavy (non-hydrogen) atoms. The van der Waals surface area contributed by atoms with E-state index in [-0.39, 0.29) is 23.6 Å². The Labute approximate surface area is 223 Å². The van der Waals surface area contributed by atoms with Crippen LogP contribution < -0.4 is 5.69 Å². The number of benzene rings is 3. The van der Waals surface area contributed by atoms with Crippen molar-refractivity contribution in [1.29, 1.82) is 0 Å². The van der Waals surface area contributed by atoms with Gasteiger partial charge in [0, 0.05) is 18.1 Å². The number of imidazole rings is 1. The number of fused-ring (bicyclic) bond motifs is 1. The van der Waals surface area contributed by atoms with Crippen LogP contribution in [0.2, 0.25) is 5.02 Å². The number of aromatic carboxylic acids is 1. The zero-order valence-electron chi connectivity index (χ0n) is 20.6. The van der Waals surface area contributed by atoms with Gasteiger partial charge >= 0.3 is 11.7 Å². The lowest BCUT2D eigenvalue weighted by atomic mass is 10.0. The second-order valence-corrected chi connectivity index (χ2v) is 10.3. The van der Waals surface area contributed by atoms with Crippen LogP contribution in [0.1, 0.15) is 34.3 Å². The lowest BCUT2D eigenvalue weighted by Crippen LogP contribution is -2.41. The Balaban J connectivity index is 1.40. The number of carboxylic acids is 1. The molecule has 1 saturated heterocycles. The molecule has 194 valence electrons. The molecule has 3 aromatic carbocycles.